The maximum absolute atomic E-state index is 6.76. The lowest BCUT2D eigenvalue weighted by atomic mass is 9.97. The van der Waals surface area contributed by atoms with E-state index >= 15 is 0 Å². The van der Waals surface area contributed by atoms with Gasteiger partial charge in [-0.25, -0.2) is 0 Å². The fourth-order valence-electron chi connectivity index (χ4n) is 8.07. The zero-order chi connectivity index (χ0) is 34.2. The van der Waals surface area contributed by atoms with Crippen LogP contribution in [0.1, 0.15) is 0 Å². The number of para-hydroxylation sites is 4. The molecular weight excluding hydrogens is 653 g/mol. The summed E-state index contributed by atoms with van der Waals surface area (Å²) in [4.78, 5) is 2.30. The van der Waals surface area contributed by atoms with E-state index in [-0.39, 0.29) is 0 Å². The topological polar surface area (TPSA) is 21.3 Å². The van der Waals surface area contributed by atoms with Crippen LogP contribution in [0.15, 0.2) is 186 Å². The Hall–Kier alpha value is -6.62. The van der Waals surface area contributed by atoms with Gasteiger partial charge in [-0.1, -0.05) is 97.1 Å². The van der Waals surface area contributed by atoms with Crippen molar-refractivity contribution in [3.8, 4) is 16.8 Å². The Bertz CT molecular complexity index is 3080. The highest BCUT2D eigenvalue weighted by atomic mass is 32.1. The number of hydrogen-bond acceptors (Lipinski definition) is 3. The van der Waals surface area contributed by atoms with Crippen LogP contribution in [0.25, 0.3) is 80.7 Å². The number of rotatable bonds is 5. The van der Waals surface area contributed by atoms with Crippen LogP contribution in [-0.2, 0) is 0 Å². The van der Waals surface area contributed by atoms with Gasteiger partial charge in [-0.15, -0.1) is 11.3 Å². The molecule has 0 fully saturated rings. The van der Waals surface area contributed by atoms with Gasteiger partial charge in [0, 0.05) is 64.6 Å². The highest BCUT2D eigenvalue weighted by molar-refractivity contribution is 7.25. The highest BCUT2D eigenvalue weighted by Gasteiger charge is 2.23. The van der Waals surface area contributed by atoms with E-state index in [1.54, 1.807) is 0 Å². The number of benzene rings is 8. The maximum atomic E-state index is 6.76. The van der Waals surface area contributed by atoms with Crippen molar-refractivity contribution in [3.63, 3.8) is 0 Å². The summed E-state index contributed by atoms with van der Waals surface area (Å²) < 4.78 is 11.8. The Labute approximate surface area is 303 Å². The monoisotopic (exact) mass is 682 g/mol. The number of aromatic nitrogens is 1. The summed E-state index contributed by atoms with van der Waals surface area (Å²) >= 11 is 1.85. The van der Waals surface area contributed by atoms with E-state index in [4.69, 9.17) is 4.42 Å². The molecular formula is C48H30N2OS. The number of thiophene rings is 1. The number of hydrogen-bond donors (Lipinski definition) is 0. The average Bonchev–Trinajstić information content (AvgIpc) is 3.88. The zero-order valence-corrected chi connectivity index (χ0v) is 28.8. The van der Waals surface area contributed by atoms with Crippen molar-refractivity contribution in [2.24, 2.45) is 0 Å². The van der Waals surface area contributed by atoms with Crippen LogP contribution in [0.4, 0.5) is 17.1 Å². The minimum absolute atomic E-state index is 0.901. The smallest absolute Gasteiger partial charge is 0.145 e. The SMILES string of the molecule is c1ccc(N(c2ccccc2)c2ccc(-n3c4ccccc4c4c5oc6ccccc6c5cc(-c5ccc6sc7ccccc7c6c5)c43)cc2)cc1. The number of anilines is 3. The molecule has 0 saturated heterocycles. The zero-order valence-electron chi connectivity index (χ0n) is 28.0. The van der Waals surface area contributed by atoms with Gasteiger partial charge >= 0.3 is 0 Å². The molecule has 11 aromatic rings. The van der Waals surface area contributed by atoms with Gasteiger partial charge in [0.2, 0.25) is 0 Å². The van der Waals surface area contributed by atoms with Crippen molar-refractivity contribution in [1.82, 2.24) is 4.57 Å². The minimum atomic E-state index is 0.901. The predicted octanol–water partition coefficient (Wildman–Crippen LogP) is 14.2. The van der Waals surface area contributed by atoms with Crippen LogP contribution >= 0.6 is 11.3 Å². The normalized spacial score (nSPS) is 11.8. The second-order valence-corrected chi connectivity index (χ2v) is 14.4. The molecule has 0 atom stereocenters. The molecule has 4 heteroatoms. The van der Waals surface area contributed by atoms with Gasteiger partial charge in [-0.05, 0) is 90.5 Å². The van der Waals surface area contributed by atoms with Gasteiger partial charge in [0.15, 0.2) is 0 Å². The molecule has 0 bridgehead atoms. The molecule has 0 spiro atoms. The standard InChI is InChI=1S/C48H30N2OS/c1-3-13-32(14-4-1)49(33-15-5-2-6-16-33)34-24-26-35(27-25-34)50-42-20-10-7-19-38(42)46-47(50)39(30-41-36-17-8-11-21-43(36)51-48(41)46)31-23-28-45-40(29-31)37-18-9-12-22-44(37)52-45/h1-30H. The van der Waals surface area contributed by atoms with Gasteiger partial charge < -0.3 is 13.9 Å². The molecule has 0 aliphatic heterocycles. The molecule has 8 aromatic carbocycles. The van der Waals surface area contributed by atoms with E-state index < -0.39 is 0 Å². The molecule has 3 nitrogen and oxygen atoms in total. The Morgan fingerprint density at radius 2 is 1.08 bits per heavy atom. The Morgan fingerprint density at radius 3 is 1.85 bits per heavy atom. The minimum Gasteiger partial charge on any atom is -0.455 e. The fraction of sp³-hybridized carbons (Fsp3) is 0. The molecule has 0 N–H and O–H groups in total. The molecule has 11 rings (SSSR count). The Balaban J connectivity index is 1.20. The van der Waals surface area contributed by atoms with Crippen LogP contribution in [0.5, 0.6) is 0 Å². The van der Waals surface area contributed by atoms with Gasteiger partial charge in [0.25, 0.3) is 0 Å². The lowest BCUT2D eigenvalue weighted by molar-refractivity contribution is 0.673. The summed E-state index contributed by atoms with van der Waals surface area (Å²) in [6, 6.07) is 65.3. The van der Waals surface area contributed by atoms with E-state index in [1.807, 2.05) is 11.3 Å². The lowest BCUT2D eigenvalue weighted by Gasteiger charge is -2.25. The summed E-state index contributed by atoms with van der Waals surface area (Å²) in [6.45, 7) is 0. The second kappa shape index (κ2) is 11.5. The summed E-state index contributed by atoms with van der Waals surface area (Å²) in [7, 11) is 0. The third-order valence-electron chi connectivity index (χ3n) is 10.4. The third kappa shape index (κ3) is 4.38. The maximum Gasteiger partial charge on any atom is 0.145 e. The van der Waals surface area contributed by atoms with Gasteiger partial charge in [-0.3, -0.25) is 0 Å². The van der Waals surface area contributed by atoms with E-state index in [9.17, 15) is 0 Å². The van der Waals surface area contributed by atoms with Crippen molar-refractivity contribution >= 4 is 92.3 Å². The van der Waals surface area contributed by atoms with E-state index in [1.165, 1.54) is 36.7 Å². The fourth-order valence-corrected chi connectivity index (χ4v) is 9.15. The van der Waals surface area contributed by atoms with Crippen molar-refractivity contribution < 1.29 is 4.42 Å². The first-order valence-corrected chi connectivity index (χ1v) is 18.4. The molecule has 0 aliphatic carbocycles. The van der Waals surface area contributed by atoms with Crippen molar-refractivity contribution in [1.29, 1.82) is 0 Å². The highest BCUT2D eigenvalue weighted by Crippen LogP contribution is 2.47. The average molecular weight is 683 g/mol. The predicted molar refractivity (Wildman–Crippen MR) is 221 cm³/mol. The summed E-state index contributed by atoms with van der Waals surface area (Å²) in [6.07, 6.45) is 0. The summed E-state index contributed by atoms with van der Waals surface area (Å²) in [5.41, 5.74) is 10.9. The Kier molecular flexibility index (Phi) is 6.42. The number of fused-ring (bicyclic) bond motifs is 10. The molecule has 0 unspecified atom stereocenters. The van der Waals surface area contributed by atoms with E-state index in [0.29, 0.717) is 0 Å². The van der Waals surface area contributed by atoms with Crippen LogP contribution < -0.4 is 4.90 Å². The van der Waals surface area contributed by atoms with E-state index in [2.05, 4.69) is 191 Å². The summed E-state index contributed by atoms with van der Waals surface area (Å²) in [5.74, 6) is 0. The molecule has 0 saturated carbocycles. The number of nitrogens with zero attached hydrogens (tertiary/aromatic N) is 2. The van der Waals surface area contributed by atoms with Gasteiger partial charge in [-0.2, -0.15) is 0 Å². The first kappa shape index (κ1) is 29.1. The van der Waals surface area contributed by atoms with Crippen molar-refractivity contribution in [2.75, 3.05) is 4.90 Å². The first-order valence-electron chi connectivity index (χ1n) is 17.6. The van der Waals surface area contributed by atoms with Crippen molar-refractivity contribution in [2.45, 2.75) is 0 Å². The van der Waals surface area contributed by atoms with Crippen LogP contribution in [0.3, 0.4) is 0 Å². The van der Waals surface area contributed by atoms with Gasteiger partial charge in [0.1, 0.15) is 11.2 Å². The second-order valence-electron chi connectivity index (χ2n) is 13.3. The van der Waals surface area contributed by atoms with Crippen LogP contribution in [-0.4, -0.2) is 4.57 Å². The number of furan rings is 1. The summed E-state index contributed by atoms with van der Waals surface area (Å²) in [5, 5.41) is 7.16. The molecule has 3 aromatic heterocycles. The van der Waals surface area contributed by atoms with Crippen molar-refractivity contribution in [3.05, 3.63) is 182 Å². The largest absolute Gasteiger partial charge is 0.455 e. The van der Waals surface area contributed by atoms with Crippen LogP contribution in [0.2, 0.25) is 0 Å². The quantitative estimate of drug-likeness (QED) is 0.180. The first-order chi connectivity index (χ1) is 25.8. The molecule has 0 amide bonds. The molecule has 3 heterocycles. The molecule has 0 aliphatic rings. The third-order valence-corrected chi connectivity index (χ3v) is 11.5. The lowest BCUT2D eigenvalue weighted by Crippen LogP contribution is -2.09. The molecule has 244 valence electrons. The van der Waals surface area contributed by atoms with Gasteiger partial charge in [0.05, 0.1) is 16.4 Å². The van der Waals surface area contributed by atoms with Crippen LogP contribution in [0, 0.1) is 0 Å². The van der Waals surface area contributed by atoms with E-state index in [0.717, 1.165) is 61.1 Å². The molecule has 52 heavy (non-hydrogen) atoms. The molecule has 0 radical (unpaired) electrons. The Morgan fingerprint density at radius 1 is 0.462 bits per heavy atom.